The van der Waals surface area contributed by atoms with Crippen molar-refractivity contribution in [1.29, 1.82) is 0 Å². The van der Waals surface area contributed by atoms with Crippen LogP contribution in [0.4, 0.5) is 0 Å². The predicted octanol–water partition coefficient (Wildman–Crippen LogP) is 5.17. The minimum Gasteiger partial charge on any atom is -0.380 e. The van der Waals surface area contributed by atoms with Crippen molar-refractivity contribution in [2.75, 3.05) is 19.8 Å². The molecule has 0 amide bonds. The molecule has 2 bridgehead atoms. The zero-order valence-electron chi connectivity index (χ0n) is 16.7. The van der Waals surface area contributed by atoms with Crippen LogP contribution >= 0.6 is 0 Å². The molecule has 2 nitrogen and oxygen atoms in total. The second-order valence-corrected chi connectivity index (χ2v) is 11.8. The van der Waals surface area contributed by atoms with Gasteiger partial charge in [-0.1, -0.05) is 6.42 Å². The Kier molecular flexibility index (Phi) is 4.02. The maximum absolute atomic E-state index is 5.61. The molecule has 26 heavy (non-hydrogen) atoms. The molecule has 7 aliphatic rings. The first-order valence-electron chi connectivity index (χ1n) is 12.0. The molecule has 1 N–H and O–H groups in total. The summed E-state index contributed by atoms with van der Waals surface area (Å²) in [4.78, 5) is 0. The molecule has 0 radical (unpaired) electrons. The smallest absolute Gasteiger partial charge is 0.0545 e. The highest BCUT2D eigenvalue weighted by Crippen LogP contribution is 2.59. The minimum absolute atomic E-state index is 0.571. The second kappa shape index (κ2) is 6.21. The van der Waals surface area contributed by atoms with E-state index in [1.165, 1.54) is 32.2 Å². The molecule has 2 saturated heterocycles. The molecule has 4 unspecified atom stereocenters. The molecule has 5 saturated carbocycles. The van der Waals surface area contributed by atoms with Crippen LogP contribution in [0.2, 0.25) is 0 Å². The molecule has 5 aliphatic carbocycles. The van der Waals surface area contributed by atoms with E-state index in [1.807, 2.05) is 0 Å². The summed E-state index contributed by atoms with van der Waals surface area (Å²) in [5, 5.41) is 3.95. The third kappa shape index (κ3) is 2.81. The normalized spacial score (nSPS) is 52.6. The predicted molar refractivity (Wildman–Crippen MR) is 105 cm³/mol. The van der Waals surface area contributed by atoms with E-state index in [0.717, 1.165) is 54.3 Å². The Bertz CT molecular complexity index is 526. The van der Waals surface area contributed by atoms with E-state index in [0.29, 0.717) is 5.41 Å². The summed E-state index contributed by atoms with van der Waals surface area (Å²) in [6.07, 6.45) is 20.0. The monoisotopic (exact) mass is 357 g/mol. The van der Waals surface area contributed by atoms with Gasteiger partial charge in [-0.15, -0.1) is 0 Å². The van der Waals surface area contributed by atoms with Crippen LogP contribution in [0.15, 0.2) is 0 Å². The number of nitrogens with one attached hydrogen (secondary N) is 1. The van der Waals surface area contributed by atoms with Crippen molar-refractivity contribution >= 4 is 0 Å². The molecule has 0 aromatic carbocycles. The molecule has 7 fully saturated rings. The summed E-state index contributed by atoms with van der Waals surface area (Å²) in [5.74, 6) is 5.46. The van der Waals surface area contributed by atoms with E-state index in [-0.39, 0.29) is 0 Å². The van der Waals surface area contributed by atoms with Gasteiger partial charge in [-0.25, -0.2) is 0 Å². The molecule has 2 aliphatic heterocycles. The molecular formula is C24H39NO. The van der Waals surface area contributed by atoms with Crippen molar-refractivity contribution in [3.05, 3.63) is 0 Å². The van der Waals surface area contributed by atoms with Crippen molar-refractivity contribution in [3.63, 3.8) is 0 Å². The van der Waals surface area contributed by atoms with Crippen molar-refractivity contribution in [2.24, 2.45) is 40.4 Å². The SMILES string of the molecule is C1CC(C2CC3(CCN2)COC3)CC2(C1)CCC(C1CC3CC(C3)C1)C2. The molecule has 0 aromatic rings. The first-order chi connectivity index (χ1) is 12.7. The van der Waals surface area contributed by atoms with Gasteiger partial charge in [-0.05, 0) is 119 Å². The average Bonchev–Trinajstić information content (AvgIpc) is 3.03. The van der Waals surface area contributed by atoms with Crippen LogP contribution in [0.5, 0.6) is 0 Å². The summed E-state index contributed by atoms with van der Waals surface area (Å²) < 4.78 is 5.61. The van der Waals surface area contributed by atoms with E-state index in [9.17, 15) is 0 Å². The quantitative estimate of drug-likeness (QED) is 0.736. The highest BCUT2D eigenvalue weighted by atomic mass is 16.5. The topological polar surface area (TPSA) is 21.3 Å². The third-order valence-electron chi connectivity index (χ3n) is 10.1. The Morgan fingerprint density at radius 3 is 2.27 bits per heavy atom. The van der Waals surface area contributed by atoms with E-state index in [1.54, 1.807) is 57.8 Å². The van der Waals surface area contributed by atoms with Crippen LogP contribution in [-0.2, 0) is 4.74 Å². The fourth-order valence-electron chi connectivity index (χ4n) is 8.66. The van der Waals surface area contributed by atoms with Gasteiger partial charge in [-0.3, -0.25) is 0 Å². The molecule has 2 heteroatoms. The molecule has 2 spiro atoms. The minimum atomic E-state index is 0.571. The number of ether oxygens (including phenoxy) is 1. The van der Waals surface area contributed by atoms with Gasteiger partial charge < -0.3 is 10.1 Å². The van der Waals surface area contributed by atoms with Gasteiger partial charge in [0.15, 0.2) is 0 Å². The third-order valence-corrected chi connectivity index (χ3v) is 10.1. The number of piperidine rings is 1. The van der Waals surface area contributed by atoms with Crippen LogP contribution in [-0.4, -0.2) is 25.8 Å². The van der Waals surface area contributed by atoms with E-state index in [4.69, 9.17) is 4.74 Å². The summed E-state index contributed by atoms with van der Waals surface area (Å²) in [6.45, 7) is 3.34. The number of rotatable bonds is 2. The van der Waals surface area contributed by atoms with Gasteiger partial charge >= 0.3 is 0 Å². The maximum atomic E-state index is 5.61. The van der Waals surface area contributed by atoms with Crippen LogP contribution in [0.3, 0.4) is 0 Å². The maximum Gasteiger partial charge on any atom is 0.0545 e. The zero-order chi connectivity index (χ0) is 17.2. The lowest BCUT2D eigenvalue weighted by atomic mass is 9.58. The van der Waals surface area contributed by atoms with Crippen LogP contribution in [0.1, 0.15) is 83.5 Å². The van der Waals surface area contributed by atoms with Crippen molar-refractivity contribution in [2.45, 2.75) is 89.5 Å². The summed E-state index contributed by atoms with van der Waals surface area (Å²) in [7, 11) is 0. The van der Waals surface area contributed by atoms with Crippen molar-refractivity contribution in [3.8, 4) is 0 Å². The number of fused-ring (bicyclic) bond motifs is 2. The fraction of sp³-hybridized carbons (Fsp3) is 1.00. The van der Waals surface area contributed by atoms with Crippen molar-refractivity contribution < 1.29 is 4.74 Å². The molecule has 146 valence electrons. The largest absolute Gasteiger partial charge is 0.380 e. The first-order valence-corrected chi connectivity index (χ1v) is 12.0. The van der Waals surface area contributed by atoms with Crippen LogP contribution < -0.4 is 5.32 Å². The van der Waals surface area contributed by atoms with Gasteiger partial charge in [0.2, 0.25) is 0 Å². The Morgan fingerprint density at radius 1 is 0.692 bits per heavy atom. The van der Waals surface area contributed by atoms with Crippen LogP contribution in [0.25, 0.3) is 0 Å². The average molecular weight is 358 g/mol. The van der Waals surface area contributed by atoms with Gasteiger partial charge in [0.1, 0.15) is 0 Å². The molecule has 7 rings (SSSR count). The van der Waals surface area contributed by atoms with Crippen molar-refractivity contribution in [1.82, 2.24) is 5.32 Å². The van der Waals surface area contributed by atoms with Gasteiger partial charge in [0, 0.05) is 11.5 Å². The fourth-order valence-corrected chi connectivity index (χ4v) is 8.66. The number of hydrogen-bond acceptors (Lipinski definition) is 2. The second-order valence-electron chi connectivity index (χ2n) is 11.8. The summed E-state index contributed by atoms with van der Waals surface area (Å²) in [6, 6.07) is 0.797. The molecule has 2 heterocycles. The first kappa shape index (κ1) is 16.8. The Balaban J connectivity index is 1.10. The summed E-state index contributed by atoms with van der Waals surface area (Å²) in [5.41, 5.74) is 1.32. The Hall–Kier alpha value is -0.0800. The van der Waals surface area contributed by atoms with E-state index < -0.39 is 0 Å². The zero-order valence-corrected chi connectivity index (χ0v) is 16.7. The lowest BCUT2D eigenvalue weighted by Crippen LogP contribution is -2.56. The lowest BCUT2D eigenvalue weighted by Gasteiger charge is -2.51. The highest BCUT2D eigenvalue weighted by molar-refractivity contribution is 5.02. The molecule has 0 aromatic heterocycles. The lowest BCUT2D eigenvalue weighted by molar-refractivity contribution is -0.139. The van der Waals surface area contributed by atoms with Gasteiger partial charge in [-0.2, -0.15) is 0 Å². The Morgan fingerprint density at radius 2 is 1.50 bits per heavy atom. The van der Waals surface area contributed by atoms with Gasteiger partial charge in [0.25, 0.3) is 0 Å². The highest BCUT2D eigenvalue weighted by Gasteiger charge is 2.50. The standard InChI is InChI=1S/C24H39NO/c1-2-20(22-14-24(6-7-25-22)15-26-16-24)13-23(4-1)5-3-19(12-23)21-10-17-8-18(9-17)11-21/h17-22,25H,1-16H2. The van der Waals surface area contributed by atoms with E-state index >= 15 is 0 Å². The van der Waals surface area contributed by atoms with Gasteiger partial charge in [0.05, 0.1) is 13.2 Å². The molecule has 4 atom stereocenters. The van der Waals surface area contributed by atoms with Crippen LogP contribution in [0, 0.1) is 40.4 Å². The summed E-state index contributed by atoms with van der Waals surface area (Å²) >= 11 is 0. The number of hydrogen-bond donors (Lipinski definition) is 1. The van der Waals surface area contributed by atoms with E-state index in [2.05, 4.69) is 5.32 Å². The molecular weight excluding hydrogens is 318 g/mol. The Labute approximate surface area is 160 Å².